The third-order valence-electron chi connectivity index (χ3n) is 7.13. The average Bonchev–Trinajstić information content (AvgIpc) is 2.70. The fourth-order valence-corrected chi connectivity index (χ4v) is 5.28. The summed E-state index contributed by atoms with van der Waals surface area (Å²) in [6.45, 7) is 4.79. The zero-order valence-electron chi connectivity index (χ0n) is 17.2. The van der Waals surface area contributed by atoms with Crippen LogP contribution in [0.1, 0.15) is 52.4 Å². The van der Waals surface area contributed by atoms with Crippen LogP contribution in [0.25, 0.3) is 0 Å². The summed E-state index contributed by atoms with van der Waals surface area (Å²) in [4.78, 5) is 13.1. The minimum absolute atomic E-state index is 0. The first-order valence-corrected chi connectivity index (χ1v) is 10.5. The molecular weight excluding hydrogens is 392 g/mol. The highest BCUT2D eigenvalue weighted by molar-refractivity contribution is 6.00. The summed E-state index contributed by atoms with van der Waals surface area (Å²) in [5, 5.41) is 13.1. The van der Waals surface area contributed by atoms with Gasteiger partial charge in [0.1, 0.15) is 17.4 Å². The van der Waals surface area contributed by atoms with Crippen LogP contribution in [0.5, 0.6) is 5.75 Å². The quantitative estimate of drug-likeness (QED) is 0.689. The Kier molecular flexibility index (Phi) is 6.49. The summed E-state index contributed by atoms with van der Waals surface area (Å²) in [5.74, 6) is 0.614. The summed E-state index contributed by atoms with van der Waals surface area (Å²) in [6, 6.07) is 7.32. The number of nitrogens with one attached hydrogen (secondary N) is 1. The molecule has 1 aromatic carbocycles. The molecule has 3 fully saturated rings. The van der Waals surface area contributed by atoms with E-state index in [1.807, 2.05) is 38.1 Å². The van der Waals surface area contributed by atoms with Gasteiger partial charge in [-0.05, 0) is 56.4 Å². The van der Waals surface area contributed by atoms with Crippen LogP contribution in [-0.4, -0.2) is 41.5 Å². The second-order valence-electron chi connectivity index (χ2n) is 9.12. The molecule has 2 saturated carbocycles. The smallest absolute Gasteiger partial charge is 0.245 e. The molecule has 1 heterocycles. The number of rotatable bonds is 4. The van der Waals surface area contributed by atoms with E-state index in [0.717, 1.165) is 45.1 Å². The zero-order valence-corrected chi connectivity index (χ0v) is 18.0. The van der Waals surface area contributed by atoms with Crippen molar-refractivity contribution in [3.63, 3.8) is 0 Å². The molecule has 0 bridgehead atoms. The summed E-state index contributed by atoms with van der Waals surface area (Å²) < 4.78 is 11.8. The predicted molar refractivity (Wildman–Crippen MR) is 114 cm³/mol. The van der Waals surface area contributed by atoms with Gasteiger partial charge in [0.2, 0.25) is 5.91 Å². The largest absolute Gasteiger partial charge is 0.488 e. The Morgan fingerprint density at radius 2 is 1.86 bits per heavy atom. The lowest BCUT2D eigenvalue weighted by molar-refractivity contribution is -0.222. The zero-order chi connectivity index (χ0) is 19.9. The number of aliphatic hydroxyl groups is 1. The van der Waals surface area contributed by atoms with Crippen molar-refractivity contribution >= 4 is 24.0 Å². The van der Waals surface area contributed by atoms with E-state index in [1.165, 1.54) is 0 Å². The molecule has 7 heteroatoms. The summed E-state index contributed by atoms with van der Waals surface area (Å²) >= 11 is 0. The van der Waals surface area contributed by atoms with Crippen molar-refractivity contribution in [2.45, 2.75) is 76.2 Å². The maximum atomic E-state index is 13.1. The Balaban J connectivity index is 0.00000240. The number of carbonyl (C=O) groups excluding carboxylic acids is 1. The molecule has 1 aromatic rings. The molecule has 5 unspecified atom stereocenters. The van der Waals surface area contributed by atoms with E-state index in [2.05, 4.69) is 5.32 Å². The highest BCUT2D eigenvalue weighted by atomic mass is 35.5. The number of anilines is 1. The second-order valence-corrected chi connectivity index (χ2v) is 9.12. The molecular formula is C22H33ClN2O4. The molecule has 6 nitrogen and oxygen atoms in total. The van der Waals surface area contributed by atoms with Crippen LogP contribution >= 0.6 is 12.4 Å². The molecule has 4 rings (SSSR count). The lowest BCUT2D eigenvalue weighted by atomic mass is 9.46. The molecule has 3 aliphatic rings. The van der Waals surface area contributed by atoms with Gasteiger partial charge in [-0.15, -0.1) is 12.4 Å². The Hall–Kier alpha value is -1.34. The Bertz CT molecular complexity index is 726. The number of benzene rings is 1. The van der Waals surface area contributed by atoms with Crippen LogP contribution in [-0.2, 0) is 9.53 Å². The molecule has 0 spiro atoms. The van der Waals surface area contributed by atoms with Crippen LogP contribution < -0.4 is 15.8 Å². The summed E-state index contributed by atoms with van der Waals surface area (Å²) in [6.07, 6.45) is 5.16. The van der Waals surface area contributed by atoms with Gasteiger partial charge in [-0.3, -0.25) is 4.79 Å². The third kappa shape index (κ3) is 3.76. The van der Waals surface area contributed by atoms with Crippen LogP contribution in [0.4, 0.5) is 5.69 Å². The van der Waals surface area contributed by atoms with Gasteiger partial charge >= 0.3 is 0 Å². The van der Waals surface area contributed by atoms with Gasteiger partial charge in [0.25, 0.3) is 0 Å². The Labute approximate surface area is 178 Å². The lowest BCUT2D eigenvalue weighted by Gasteiger charge is -2.65. The number of carbonyl (C=O) groups is 1. The van der Waals surface area contributed by atoms with E-state index in [9.17, 15) is 9.90 Å². The first-order chi connectivity index (χ1) is 13.3. The van der Waals surface area contributed by atoms with Crippen molar-refractivity contribution in [3.8, 4) is 5.75 Å². The van der Waals surface area contributed by atoms with Gasteiger partial charge in [-0.1, -0.05) is 20.3 Å². The van der Waals surface area contributed by atoms with Crippen LogP contribution in [0, 0.1) is 11.3 Å². The standard InChI is InChI=1S/C22H32N2O4.ClH/c1-21(2)19-16(6-5-13-27-19)22(21,23)20(26)24-14-9-11-15(12-10-14)28-18-8-4-3-7-17(18)25;/h9-12,16-19,25H,3-8,13,23H2,1-2H3,(H,24,26);1H. The van der Waals surface area contributed by atoms with Crippen molar-refractivity contribution in [1.82, 2.24) is 0 Å². The molecule has 2 aliphatic carbocycles. The first kappa shape index (κ1) is 22.3. The van der Waals surface area contributed by atoms with E-state index in [0.29, 0.717) is 11.4 Å². The molecule has 0 radical (unpaired) electrons. The summed E-state index contributed by atoms with van der Waals surface area (Å²) in [5.41, 5.74) is 6.02. The second kappa shape index (κ2) is 8.42. The molecule has 162 valence electrons. The SMILES string of the molecule is CC1(C)C2OCCCC2C1(N)C(=O)Nc1ccc(OC2CCCCC2O)cc1.Cl. The number of amides is 1. The van der Waals surface area contributed by atoms with Crippen LogP contribution in [0.15, 0.2) is 24.3 Å². The predicted octanol–water partition coefficient (Wildman–Crippen LogP) is 3.26. The van der Waals surface area contributed by atoms with Gasteiger partial charge in [0.15, 0.2) is 0 Å². The molecule has 1 amide bonds. The summed E-state index contributed by atoms with van der Waals surface area (Å²) in [7, 11) is 0. The lowest BCUT2D eigenvalue weighted by Crippen LogP contribution is -2.81. The number of hydrogen-bond acceptors (Lipinski definition) is 5. The van der Waals surface area contributed by atoms with Crippen LogP contribution in [0.2, 0.25) is 0 Å². The van der Waals surface area contributed by atoms with Gasteiger partial charge in [0.05, 0.1) is 12.2 Å². The molecule has 1 aliphatic heterocycles. The molecule has 5 atom stereocenters. The van der Waals surface area contributed by atoms with E-state index in [-0.39, 0.29) is 36.4 Å². The monoisotopic (exact) mass is 424 g/mol. The Morgan fingerprint density at radius 3 is 2.55 bits per heavy atom. The number of hydrogen-bond donors (Lipinski definition) is 3. The van der Waals surface area contributed by atoms with Crippen LogP contribution in [0.3, 0.4) is 0 Å². The molecule has 1 saturated heterocycles. The normalized spacial score (nSPS) is 35.4. The van der Waals surface area contributed by atoms with E-state index < -0.39 is 17.1 Å². The van der Waals surface area contributed by atoms with Crippen molar-refractivity contribution in [2.75, 3.05) is 11.9 Å². The van der Waals surface area contributed by atoms with E-state index >= 15 is 0 Å². The van der Waals surface area contributed by atoms with Gasteiger partial charge < -0.3 is 25.6 Å². The fourth-order valence-electron chi connectivity index (χ4n) is 5.28. The highest BCUT2D eigenvalue weighted by Crippen LogP contribution is 2.57. The average molecular weight is 425 g/mol. The number of nitrogens with two attached hydrogens (primary N) is 1. The highest BCUT2D eigenvalue weighted by Gasteiger charge is 2.70. The topological polar surface area (TPSA) is 93.8 Å². The maximum Gasteiger partial charge on any atom is 0.245 e. The maximum absolute atomic E-state index is 13.1. The number of halogens is 1. The first-order valence-electron chi connectivity index (χ1n) is 10.5. The van der Waals surface area contributed by atoms with Crippen molar-refractivity contribution in [3.05, 3.63) is 24.3 Å². The van der Waals surface area contributed by atoms with Crippen molar-refractivity contribution in [1.29, 1.82) is 0 Å². The van der Waals surface area contributed by atoms with Crippen molar-refractivity contribution < 1.29 is 19.4 Å². The minimum atomic E-state index is -0.931. The number of aliphatic hydroxyl groups excluding tert-OH is 1. The van der Waals surface area contributed by atoms with Gasteiger partial charge in [-0.25, -0.2) is 0 Å². The number of fused-ring (bicyclic) bond motifs is 1. The van der Waals surface area contributed by atoms with Gasteiger partial charge in [0, 0.05) is 23.6 Å². The third-order valence-corrected chi connectivity index (χ3v) is 7.13. The van der Waals surface area contributed by atoms with Crippen molar-refractivity contribution in [2.24, 2.45) is 17.1 Å². The molecule has 29 heavy (non-hydrogen) atoms. The minimum Gasteiger partial charge on any atom is -0.488 e. The van der Waals surface area contributed by atoms with E-state index in [1.54, 1.807) is 0 Å². The molecule has 0 aromatic heterocycles. The Morgan fingerprint density at radius 1 is 1.17 bits per heavy atom. The number of ether oxygens (including phenoxy) is 2. The van der Waals surface area contributed by atoms with E-state index in [4.69, 9.17) is 15.2 Å². The van der Waals surface area contributed by atoms with Gasteiger partial charge in [-0.2, -0.15) is 0 Å². The fraction of sp³-hybridized carbons (Fsp3) is 0.682. The molecule has 4 N–H and O–H groups in total.